The van der Waals surface area contributed by atoms with Crippen molar-refractivity contribution in [1.29, 1.82) is 0 Å². The summed E-state index contributed by atoms with van der Waals surface area (Å²) in [4.78, 5) is 31.8. The zero-order chi connectivity index (χ0) is 21.4. The number of methoxy groups -OCH3 is 1. The molecule has 1 atom stereocenters. The number of anilines is 1. The third-order valence-corrected chi connectivity index (χ3v) is 5.76. The van der Waals surface area contributed by atoms with Crippen LogP contribution in [0.2, 0.25) is 10.0 Å². The Kier molecular flexibility index (Phi) is 5.49. The highest BCUT2D eigenvalue weighted by Crippen LogP contribution is 2.32. The molecule has 9 heteroatoms. The van der Waals surface area contributed by atoms with E-state index < -0.39 is 0 Å². The van der Waals surface area contributed by atoms with Crippen LogP contribution in [0.1, 0.15) is 39.4 Å². The Morgan fingerprint density at radius 2 is 2.00 bits per heavy atom. The molecule has 0 unspecified atom stereocenters. The van der Waals surface area contributed by atoms with Crippen LogP contribution >= 0.6 is 23.2 Å². The van der Waals surface area contributed by atoms with Crippen molar-refractivity contribution in [3.63, 3.8) is 0 Å². The first-order chi connectivity index (χ1) is 14.4. The van der Waals surface area contributed by atoms with Crippen molar-refractivity contribution in [1.82, 2.24) is 14.8 Å². The maximum atomic E-state index is 13.3. The predicted molar refractivity (Wildman–Crippen MR) is 114 cm³/mol. The summed E-state index contributed by atoms with van der Waals surface area (Å²) in [5.41, 5.74) is 2.00. The number of nitrogens with zero attached hydrogens (tertiary/aromatic N) is 4. The summed E-state index contributed by atoms with van der Waals surface area (Å²) in [5, 5.41) is 5.15. The number of rotatable bonds is 5. The van der Waals surface area contributed by atoms with Crippen molar-refractivity contribution in [2.75, 3.05) is 18.6 Å². The normalized spacial score (nSPS) is 15.8. The first kappa shape index (κ1) is 20.4. The van der Waals surface area contributed by atoms with Crippen molar-refractivity contribution in [3.8, 4) is 5.75 Å². The molecule has 3 aromatic rings. The van der Waals surface area contributed by atoms with Gasteiger partial charge in [-0.05, 0) is 31.2 Å². The number of benzene rings is 1. The second-order valence-corrected chi connectivity index (χ2v) is 7.85. The summed E-state index contributed by atoms with van der Waals surface area (Å²) < 4.78 is 6.80. The predicted octanol–water partition coefficient (Wildman–Crippen LogP) is 4.24. The van der Waals surface area contributed by atoms with Crippen molar-refractivity contribution in [2.24, 2.45) is 0 Å². The van der Waals surface area contributed by atoms with Crippen LogP contribution in [-0.4, -0.2) is 40.1 Å². The smallest absolute Gasteiger partial charge is 0.276 e. The zero-order valence-corrected chi connectivity index (χ0v) is 17.8. The highest BCUT2D eigenvalue weighted by atomic mass is 35.5. The minimum Gasteiger partial charge on any atom is -0.495 e. The molecule has 0 aliphatic carbocycles. The summed E-state index contributed by atoms with van der Waals surface area (Å²) in [6.45, 7) is 2.39. The van der Waals surface area contributed by atoms with Crippen LogP contribution in [-0.2, 0) is 6.42 Å². The molecule has 0 saturated heterocycles. The van der Waals surface area contributed by atoms with Gasteiger partial charge in [-0.3, -0.25) is 19.3 Å². The van der Waals surface area contributed by atoms with Gasteiger partial charge in [0.25, 0.3) is 5.91 Å². The Morgan fingerprint density at radius 1 is 1.20 bits per heavy atom. The minimum absolute atomic E-state index is 0.0256. The van der Waals surface area contributed by atoms with Gasteiger partial charge in [-0.25, -0.2) is 0 Å². The van der Waals surface area contributed by atoms with E-state index in [1.807, 2.05) is 6.92 Å². The number of hydrogen-bond acceptors (Lipinski definition) is 5. The molecule has 1 aromatic carbocycles. The Balaban J connectivity index is 1.66. The molecule has 1 aliphatic heterocycles. The number of pyridine rings is 1. The van der Waals surface area contributed by atoms with Crippen LogP contribution in [0.15, 0.2) is 42.9 Å². The number of carbonyl (C=O) groups is 2. The highest BCUT2D eigenvalue weighted by Gasteiger charge is 2.34. The number of ketones is 1. The van der Waals surface area contributed by atoms with E-state index in [2.05, 4.69) is 10.1 Å². The Hall–Kier alpha value is -2.90. The number of aromatic nitrogens is 3. The number of fused-ring (bicyclic) bond motifs is 1. The molecule has 0 radical (unpaired) electrons. The number of amides is 1. The molecule has 7 nitrogen and oxygen atoms in total. The van der Waals surface area contributed by atoms with E-state index in [-0.39, 0.29) is 24.2 Å². The Labute approximate surface area is 183 Å². The number of halogens is 2. The SMILES string of the molecule is COc1cncc(C(=O)Cc2cnn3c2C(=O)N(c2ccc(Cl)c(Cl)c2)C[C@@H]3C)c1. The maximum Gasteiger partial charge on any atom is 0.276 e. The molecule has 0 N–H and O–H groups in total. The lowest BCUT2D eigenvalue weighted by atomic mass is 10.0. The standard InChI is InChI=1S/C21H18Cl2N4O3/c1-12-11-26(15-3-4-17(22)18(23)7-15)21(29)20-14(9-25-27(12)20)6-19(28)13-5-16(30-2)10-24-8-13/h3-5,7-10,12H,6,11H2,1-2H3/t12-/m0/s1. The number of ether oxygens (including phenoxy) is 1. The number of Topliss-reactive ketones (excluding diaryl/α,β-unsaturated/α-hetero) is 1. The van der Waals surface area contributed by atoms with Crippen LogP contribution in [0, 0.1) is 0 Å². The van der Waals surface area contributed by atoms with E-state index in [0.717, 1.165) is 0 Å². The fourth-order valence-electron chi connectivity index (χ4n) is 3.48. The van der Waals surface area contributed by atoms with Gasteiger partial charge in [0.1, 0.15) is 11.4 Å². The van der Waals surface area contributed by atoms with Gasteiger partial charge in [0, 0.05) is 36.0 Å². The summed E-state index contributed by atoms with van der Waals surface area (Å²) in [5.74, 6) is 0.0771. The van der Waals surface area contributed by atoms with Crippen LogP contribution < -0.4 is 9.64 Å². The van der Waals surface area contributed by atoms with Crippen molar-refractivity contribution < 1.29 is 14.3 Å². The molecule has 1 aliphatic rings. The summed E-state index contributed by atoms with van der Waals surface area (Å²) in [6.07, 6.45) is 4.61. The second kappa shape index (κ2) is 8.08. The van der Waals surface area contributed by atoms with E-state index in [0.29, 0.717) is 44.8 Å². The molecule has 0 spiro atoms. The lowest BCUT2D eigenvalue weighted by molar-refractivity contribution is 0.0951. The van der Waals surface area contributed by atoms with Gasteiger partial charge < -0.3 is 9.64 Å². The molecule has 0 saturated carbocycles. The summed E-state index contributed by atoms with van der Waals surface area (Å²) in [6, 6.07) is 6.61. The van der Waals surface area contributed by atoms with E-state index in [4.69, 9.17) is 27.9 Å². The van der Waals surface area contributed by atoms with Gasteiger partial charge in [-0.1, -0.05) is 23.2 Å². The van der Waals surface area contributed by atoms with Gasteiger partial charge in [0.2, 0.25) is 0 Å². The first-order valence-electron chi connectivity index (χ1n) is 9.24. The largest absolute Gasteiger partial charge is 0.495 e. The van der Waals surface area contributed by atoms with E-state index in [1.165, 1.54) is 19.5 Å². The lowest BCUT2D eigenvalue weighted by Crippen LogP contribution is -2.43. The minimum atomic E-state index is -0.240. The average molecular weight is 445 g/mol. The molecule has 0 fully saturated rings. The third-order valence-electron chi connectivity index (χ3n) is 5.02. The van der Waals surface area contributed by atoms with Gasteiger partial charge in [0.15, 0.2) is 5.78 Å². The molecule has 154 valence electrons. The molecule has 3 heterocycles. The van der Waals surface area contributed by atoms with E-state index >= 15 is 0 Å². The summed E-state index contributed by atoms with van der Waals surface area (Å²) in [7, 11) is 1.51. The Morgan fingerprint density at radius 3 is 2.73 bits per heavy atom. The zero-order valence-electron chi connectivity index (χ0n) is 16.3. The molecule has 1 amide bonds. The third kappa shape index (κ3) is 3.66. The van der Waals surface area contributed by atoms with Crippen LogP contribution in [0.4, 0.5) is 5.69 Å². The molecule has 30 heavy (non-hydrogen) atoms. The van der Waals surface area contributed by atoms with Gasteiger partial charge in [0.05, 0.1) is 35.6 Å². The first-order valence-corrected chi connectivity index (χ1v) is 10.00. The number of carbonyl (C=O) groups excluding carboxylic acids is 2. The van der Waals surface area contributed by atoms with Crippen LogP contribution in [0.5, 0.6) is 5.75 Å². The van der Waals surface area contributed by atoms with E-state index in [9.17, 15) is 9.59 Å². The van der Waals surface area contributed by atoms with Gasteiger partial charge in [-0.15, -0.1) is 0 Å². The summed E-state index contributed by atoms with van der Waals surface area (Å²) >= 11 is 12.2. The van der Waals surface area contributed by atoms with Crippen molar-refractivity contribution >= 4 is 40.6 Å². The highest BCUT2D eigenvalue weighted by molar-refractivity contribution is 6.42. The topological polar surface area (TPSA) is 77.3 Å². The average Bonchev–Trinajstić information content (AvgIpc) is 3.17. The number of hydrogen-bond donors (Lipinski definition) is 0. The maximum absolute atomic E-state index is 13.3. The van der Waals surface area contributed by atoms with Crippen LogP contribution in [0.25, 0.3) is 0 Å². The molecule has 4 rings (SSSR count). The van der Waals surface area contributed by atoms with Gasteiger partial charge in [-0.2, -0.15) is 5.10 Å². The fourth-order valence-corrected chi connectivity index (χ4v) is 3.78. The van der Waals surface area contributed by atoms with Crippen molar-refractivity contribution in [3.05, 3.63) is 69.7 Å². The van der Waals surface area contributed by atoms with Crippen molar-refractivity contribution in [2.45, 2.75) is 19.4 Å². The second-order valence-electron chi connectivity index (χ2n) is 7.04. The molecule has 2 aromatic heterocycles. The quantitative estimate of drug-likeness (QED) is 0.549. The Bertz CT molecular complexity index is 1150. The van der Waals surface area contributed by atoms with E-state index in [1.54, 1.807) is 40.0 Å². The monoisotopic (exact) mass is 444 g/mol. The lowest BCUT2D eigenvalue weighted by Gasteiger charge is -2.32. The van der Waals surface area contributed by atoms with Crippen LogP contribution in [0.3, 0.4) is 0 Å². The molecular weight excluding hydrogens is 427 g/mol. The fraction of sp³-hybridized carbons (Fsp3) is 0.238. The molecular formula is C21H18Cl2N4O3. The van der Waals surface area contributed by atoms with Gasteiger partial charge >= 0.3 is 0 Å². The molecule has 0 bridgehead atoms.